The van der Waals surface area contributed by atoms with E-state index in [-0.39, 0.29) is 23.8 Å². The minimum atomic E-state index is -0.589. The number of carbonyl (C=O) groups is 1. The van der Waals surface area contributed by atoms with Crippen molar-refractivity contribution in [2.24, 2.45) is 0 Å². The number of aromatic nitrogens is 3. The molecule has 22 heavy (non-hydrogen) atoms. The molecule has 0 aliphatic rings. The average molecular weight is 301 g/mol. The van der Waals surface area contributed by atoms with Crippen LogP contribution >= 0.6 is 0 Å². The number of hydrogen-bond donors (Lipinski definition) is 1. The Bertz CT molecular complexity index is 897. The van der Waals surface area contributed by atoms with E-state index >= 15 is 0 Å². The van der Waals surface area contributed by atoms with Crippen LogP contribution in [0.15, 0.2) is 41.5 Å². The Hall–Kier alpha value is -2.96. The number of H-pyrrole nitrogens is 1. The van der Waals surface area contributed by atoms with Crippen molar-refractivity contribution in [3.8, 4) is 11.3 Å². The molecule has 7 heteroatoms. The second-order valence-corrected chi connectivity index (χ2v) is 4.58. The van der Waals surface area contributed by atoms with Crippen molar-refractivity contribution >= 4 is 11.6 Å². The molecule has 0 amide bonds. The lowest BCUT2D eigenvalue weighted by atomic mass is 10.1. The van der Waals surface area contributed by atoms with Crippen molar-refractivity contribution < 1.29 is 13.9 Å². The summed E-state index contributed by atoms with van der Waals surface area (Å²) in [5.74, 6) is -0.951. The molecule has 2 heterocycles. The van der Waals surface area contributed by atoms with Gasteiger partial charge in [-0.25, -0.2) is 14.2 Å². The summed E-state index contributed by atoms with van der Waals surface area (Å²) >= 11 is 0. The number of halogens is 1. The molecule has 0 spiro atoms. The fraction of sp³-hybridized carbons (Fsp3) is 0.133. The van der Waals surface area contributed by atoms with Crippen molar-refractivity contribution in [2.45, 2.75) is 6.92 Å². The molecule has 0 aliphatic carbocycles. The number of benzene rings is 1. The van der Waals surface area contributed by atoms with Crippen molar-refractivity contribution in [1.82, 2.24) is 14.4 Å². The smallest absolute Gasteiger partial charge is 0.358 e. The Labute approximate surface area is 124 Å². The first-order valence-corrected chi connectivity index (χ1v) is 6.63. The second kappa shape index (κ2) is 5.44. The topological polar surface area (TPSA) is 76.5 Å². The number of esters is 1. The van der Waals surface area contributed by atoms with Crippen LogP contribution in [0.25, 0.3) is 16.9 Å². The number of fused-ring (bicyclic) bond motifs is 1. The molecule has 3 rings (SSSR count). The van der Waals surface area contributed by atoms with E-state index < -0.39 is 11.5 Å². The summed E-state index contributed by atoms with van der Waals surface area (Å²) in [6.07, 6.45) is 3.04. The third-order valence-electron chi connectivity index (χ3n) is 3.09. The van der Waals surface area contributed by atoms with Gasteiger partial charge in [-0.1, -0.05) is 0 Å². The summed E-state index contributed by atoms with van der Waals surface area (Å²) in [5.41, 5.74) is 0.840. The number of hydrogen-bond acceptors (Lipinski definition) is 4. The average Bonchev–Trinajstić information content (AvgIpc) is 2.93. The van der Waals surface area contributed by atoms with E-state index in [9.17, 15) is 14.0 Å². The second-order valence-electron chi connectivity index (χ2n) is 4.58. The summed E-state index contributed by atoms with van der Waals surface area (Å²) in [6.45, 7) is 1.91. The minimum Gasteiger partial charge on any atom is -0.461 e. The Morgan fingerprint density at radius 1 is 1.32 bits per heavy atom. The summed E-state index contributed by atoms with van der Waals surface area (Å²) in [6, 6.07) is 5.71. The third kappa shape index (κ3) is 2.48. The zero-order valence-electron chi connectivity index (χ0n) is 11.7. The highest BCUT2D eigenvalue weighted by atomic mass is 19.1. The van der Waals surface area contributed by atoms with Gasteiger partial charge in [0.15, 0.2) is 5.69 Å². The van der Waals surface area contributed by atoms with Gasteiger partial charge < -0.3 is 9.72 Å². The third-order valence-corrected chi connectivity index (χ3v) is 3.09. The first-order valence-electron chi connectivity index (χ1n) is 6.63. The van der Waals surface area contributed by atoms with Crippen molar-refractivity contribution in [1.29, 1.82) is 0 Å². The largest absolute Gasteiger partial charge is 0.461 e. The number of aromatic amines is 1. The predicted octanol–water partition coefficient (Wildman–Crippen LogP) is 2.01. The molecule has 6 nitrogen and oxygen atoms in total. The van der Waals surface area contributed by atoms with Gasteiger partial charge in [0, 0.05) is 12.4 Å². The van der Waals surface area contributed by atoms with Crippen LogP contribution in [0.1, 0.15) is 17.4 Å². The van der Waals surface area contributed by atoms with Gasteiger partial charge >= 0.3 is 5.97 Å². The number of imidazole rings is 1. The summed E-state index contributed by atoms with van der Waals surface area (Å²) in [5, 5.41) is 0. The van der Waals surface area contributed by atoms with Crippen LogP contribution in [0.3, 0.4) is 0 Å². The molecular formula is C15H12FN3O3. The molecule has 2 aromatic heterocycles. The van der Waals surface area contributed by atoms with Crippen molar-refractivity contribution in [3.63, 3.8) is 0 Å². The number of nitrogens with one attached hydrogen (secondary N) is 1. The molecule has 0 aliphatic heterocycles. The van der Waals surface area contributed by atoms with Gasteiger partial charge in [0.1, 0.15) is 5.82 Å². The maximum absolute atomic E-state index is 13.0. The molecule has 112 valence electrons. The summed E-state index contributed by atoms with van der Waals surface area (Å²) in [4.78, 5) is 30.4. The lowest BCUT2D eigenvalue weighted by molar-refractivity contribution is 0.0520. The van der Waals surface area contributed by atoms with E-state index in [1.807, 2.05) is 0 Å². The monoisotopic (exact) mass is 301 g/mol. The molecule has 3 aromatic rings. The Balaban J connectivity index is 2.10. The Morgan fingerprint density at radius 2 is 2.05 bits per heavy atom. The molecule has 0 fully saturated rings. The van der Waals surface area contributed by atoms with E-state index in [0.717, 1.165) is 0 Å². The van der Waals surface area contributed by atoms with Crippen LogP contribution in [0, 0.1) is 5.82 Å². The quantitative estimate of drug-likeness (QED) is 0.751. The van der Waals surface area contributed by atoms with Crippen LogP contribution in [-0.4, -0.2) is 26.9 Å². The highest BCUT2D eigenvalue weighted by molar-refractivity contribution is 5.88. The van der Waals surface area contributed by atoms with E-state index in [1.54, 1.807) is 25.3 Å². The van der Waals surface area contributed by atoms with Gasteiger partial charge in [0.2, 0.25) is 5.65 Å². The number of carbonyl (C=O) groups excluding carboxylic acids is 1. The van der Waals surface area contributed by atoms with E-state index in [1.165, 1.54) is 22.7 Å². The van der Waals surface area contributed by atoms with Crippen LogP contribution in [0.2, 0.25) is 0 Å². The number of ether oxygens (including phenoxy) is 1. The predicted molar refractivity (Wildman–Crippen MR) is 77.2 cm³/mol. The zero-order valence-corrected chi connectivity index (χ0v) is 11.7. The standard InChI is InChI=1S/C15H12FN3O3/c1-2-22-15(21)12-8-19-7-11(18-14(20)13(19)17-12)9-3-5-10(16)6-4-9/h3-8H,2H2,1H3,(H,18,20). The fourth-order valence-corrected chi connectivity index (χ4v) is 2.09. The molecule has 0 unspecified atom stereocenters. The molecule has 0 radical (unpaired) electrons. The van der Waals surface area contributed by atoms with Gasteiger partial charge in [-0.05, 0) is 36.8 Å². The maximum Gasteiger partial charge on any atom is 0.358 e. The lowest BCUT2D eigenvalue weighted by Gasteiger charge is -2.02. The SMILES string of the molecule is CCOC(=O)c1cn2cc(-c3ccc(F)cc3)[nH]c(=O)c2n1. The first kappa shape index (κ1) is 14.0. The molecule has 0 saturated heterocycles. The van der Waals surface area contributed by atoms with E-state index in [4.69, 9.17) is 4.74 Å². The number of nitrogens with zero attached hydrogens (tertiary/aromatic N) is 2. The van der Waals surface area contributed by atoms with Crippen LogP contribution < -0.4 is 5.56 Å². The molecule has 1 aromatic carbocycles. The summed E-state index contributed by atoms with van der Waals surface area (Å²) < 4.78 is 19.3. The fourth-order valence-electron chi connectivity index (χ4n) is 2.09. The minimum absolute atomic E-state index is 0.0589. The molecule has 0 bridgehead atoms. The van der Waals surface area contributed by atoms with Gasteiger partial charge in [0.25, 0.3) is 5.56 Å². The van der Waals surface area contributed by atoms with Crippen molar-refractivity contribution in [2.75, 3.05) is 6.61 Å². The highest BCUT2D eigenvalue weighted by Crippen LogP contribution is 2.16. The van der Waals surface area contributed by atoms with Gasteiger partial charge in [-0.2, -0.15) is 0 Å². The highest BCUT2D eigenvalue weighted by Gasteiger charge is 2.14. The van der Waals surface area contributed by atoms with E-state index in [2.05, 4.69) is 9.97 Å². The normalized spacial score (nSPS) is 10.8. The van der Waals surface area contributed by atoms with Gasteiger partial charge in [-0.15, -0.1) is 0 Å². The molecular weight excluding hydrogens is 289 g/mol. The maximum atomic E-state index is 13.0. The molecule has 0 saturated carbocycles. The Kier molecular flexibility index (Phi) is 3.46. The van der Waals surface area contributed by atoms with E-state index in [0.29, 0.717) is 11.3 Å². The summed E-state index contributed by atoms with van der Waals surface area (Å²) in [7, 11) is 0. The van der Waals surface area contributed by atoms with Crippen LogP contribution in [-0.2, 0) is 4.74 Å². The van der Waals surface area contributed by atoms with Gasteiger partial charge in [0.05, 0.1) is 12.3 Å². The Morgan fingerprint density at radius 3 is 2.73 bits per heavy atom. The van der Waals surface area contributed by atoms with Crippen LogP contribution in [0.4, 0.5) is 4.39 Å². The first-order chi connectivity index (χ1) is 10.6. The molecule has 1 N–H and O–H groups in total. The van der Waals surface area contributed by atoms with Gasteiger partial charge in [-0.3, -0.25) is 9.20 Å². The molecule has 0 atom stereocenters. The number of rotatable bonds is 3. The van der Waals surface area contributed by atoms with Crippen LogP contribution in [0.5, 0.6) is 0 Å². The zero-order chi connectivity index (χ0) is 15.7. The lowest BCUT2D eigenvalue weighted by Crippen LogP contribution is -2.11. The van der Waals surface area contributed by atoms with Crippen molar-refractivity contribution in [3.05, 3.63) is 58.5 Å².